The highest BCUT2D eigenvalue weighted by Crippen LogP contribution is 2.36. The van der Waals surface area contributed by atoms with E-state index in [1.165, 1.54) is 12.8 Å². The molecule has 6 heteroatoms. The van der Waals surface area contributed by atoms with Gasteiger partial charge in [0.15, 0.2) is 0 Å². The summed E-state index contributed by atoms with van der Waals surface area (Å²) < 4.78 is 2.45. The van der Waals surface area contributed by atoms with Crippen molar-refractivity contribution >= 4 is 35.1 Å². The van der Waals surface area contributed by atoms with Gasteiger partial charge in [0.05, 0.1) is 5.71 Å². The largest absolute Gasteiger partial charge is 0.354 e. The zero-order valence-electron chi connectivity index (χ0n) is 15.1. The molecule has 1 saturated heterocycles. The maximum atomic E-state index is 8.76. The molecule has 4 rings (SSSR count). The van der Waals surface area contributed by atoms with Gasteiger partial charge in [0.25, 0.3) is 0 Å². The van der Waals surface area contributed by atoms with Crippen LogP contribution in [0.5, 0.6) is 0 Å². The van der Waals surface area contributed by atoms with Crippen molar-refractivity contribution in [3.8, 4) is 0 Å². The number of rotatable bonds is 5. The third-order valence-electron chi connectivity index (χ3n) is 4.96. The van der Waals surface area contributed by atoms with Crippen molar-refractivity contribution < 1.29 is 0 Å². The summed E-state index contributed by atoms with van der Waals surface area (Å²) in [5, 5.41) is 18.9. The van der Waals surface area contributed by atoms with Crippen molar-refractivity contribution in [2.45, 2.75) is 18.1 Å². The van der Waals surface area contributed by atoms with Crippen LogP contribution in [0.3, 0.4) is 0 Å². The maximum absolute atomic E-state index is 8.76. The molecule has 2 fully saturated rings. The van der Waals surface area contributed by atoms with Crippen LogP contribution < -0.4 is 0 Å². The zero-order chi connectivity index (χ0) is 18.8. The summed E-state index contributed by atoms with van der Waals surface area (Å²) in [4.78, 5) is 2.14. The molecule has 2 aliphatic rings. The number of piperazine rings is 1. The lowest BCUT2D eigenvalue weighted by molar-refractivity contribution is 0.281. The second kappa shape index (κ2) is 8.05. The minimum Gasteiger partial charge on any atom is -0.354 e. The molecular formula is C21H23ClN4S. The van der Waals surface area contributed by atoms with Gasteiger partial charge in [-0.1, -0.05) is 59.9 Å². The van der Waals surface area contributed by atoms with Gasteiger partial charge in [-0.2, -0.15) is 0 Å². The smallest absolute Gasteiger partial charge is 0.128 e. The van der Waals surface area contributed by atoms with Gasteiger partial charge in [0.2, 0.25) is 0 Å². The van der Waals surface area contributed by atoms with Crippen molar-refractivity contribution in [1.82, 2.24) is 9.21 Å². The Morgan fingerprint density at radius 3 is 2.15 bits per heavy atom. The first-order valence-electron chi connectivity index (χ1n) is 9.31. The van der Waals surface area contributed by atoms with Crippen LogP contribution in [0.25, 0.3) is 0 Å². The third-order valence-corrected chi connectivity index (χ3v) is 6.65. The van der Waals surface area contributed by atoms with E-state index in [0.717, 1.165) is 48.1 Å². The molecule has 1 aliphatic heterocycles. The molecule has 2 aromatic carbocycles. The van der Waals surface area contributed by atoms with Crippen LogP contribution in [0.4, 0.5) is 0 Å². The normalized spacial score (nSPS) is 17.7. The highest BCUT2D eigenvalue weighted by Gasteiger charge is 2.28. The third kappa shape index (κ3) is 4.37. The summed E-state index contributed by atoms with van der Waals surface area (Å²) in [6.07, 6.45) is 2.70. The van der Waals surface area contributed by atoms with E-state index >= 15 is 0 Å². The maximum Gasteiger partial charge on any atom is 0.128 e. The molecule has 0 unspecified atom stereocenters. The first-order chi connectivity index (χ1) is 13.1. The van der Waals surface area contributed by atoms with Crippen LogP contribution in [0, 0.1) is 10.8 Å². The van der Waals surface area contributed by atoms with E-state index in [-0.39, 0.29) is 0 Å². The number of hydrogen-bond donors (Lipinski definition) is 2. The van der Waals surface area contributed by atoms with E-state index in [9.17, 15) is 0 Å². The van der Waals surface area contributed by atoms with Gasteiger partial charge in [-0.05, 0) is 25.0 Å². The highest BCUT2D eigenvalue weighted by atomic mass is 35.5. The van der Waals surface area contributed by atoms with Crippen LogP contribution in [0.2, 0.25) is 5.02 Å². The minimum atomic E-state index is 0.426. The van der Waals surface area contributed by atoms with Crippen molar-refractivity contribution in [3.63, 3.8) is 0 Å². The first-order valence-corrected chi connectivity index (χ1v) is 10.5. The Kier molecular flexibility index (Phi) is 5.53. The molecule has 2 aromatic rings. The number of nitrogens with one attached hydrogen (secondary N) is 2. The fraction of sp³-hybridized carbons (Fsp3) is 0.333. The van der Waals surface area contributed by atoms with Gasteiger partial charge in [-0.25, -0.2) is 4.31 Å². The van der Waals surface area contributed by atoms with E-state index in [0.29, 0.717) is 16.6 Å². The summed E-state index contributed by atoms with van der Waals surface area (Å²) >= 11 is 7.97. The molecular weight excluding hydrogens is 376 g/mol. The molecule has 27 heavy (non-hydrogen) atoms. The Hall–Kier alpha value is -1.82. The Labute approximate surface area is 169 Å². The molecule has 2 N–H and O–H groups in total. The molecule has 0 aromatic heterocycles. The molecule has 0 spiro atoms. The van der Waals surface area contributed by atoms with E-state index in [4.69, 9.17) is 22.4 Å². The Balaban J connectivity index is 1.49. The summed E-state index contributed by atoms with van der Waals surface area (Å²) in [5.74, 6) is 0.514. The molecule has 1 aliphatic carbocycles. The van der Waals surface area contributed by atoms with Crippen LogP contribution >= 0.6 is 23.5 Å². The van der Waals surface area contributed by atoms with Crippen LogP contribution in [-0.2, 0) is 0 Å². The molecule has 1 saturated carbocycles. The number of nitrogens with zero attached hydrogens (tertiary/aromatic N) is 2. The van der Waals surface area contributed by atoms with E-state index in [1.54, 1.807) is 12.1 Å². The number of halogens is 1. The SMILES string of the molecule is N=C(c1ccc(Cl)cc1)c1ccccc1C(=N)N1CCN(SC2CC2)CC1. The number of hydrogen-bond acceptors (Lipinski definition) is 4. The molecule has 140 valence electrons. The van der Waals surface area contributed by atoms with Gasteiger partial charge in [-0.3, -0.25) is 10.8 Å². The van der Waals surface area contributed by atoms with Gasteiger partial charge >= 0.3 is 0 Å². The molecule has 4 nitrogen and oxygen atoms in total. The fourth-order valence-electron chi connectivity index (χ4n) is 3.25. The summed E-state index contributed by atoms with van der Waals surface area (Å²) in [7, 11) is 0. The average Bonchev–Trinajstić information content (AvgIpc) is 3.52. The molecule has 0 radical (unpaired) electrons. The van der Waals surface area contributed by atoms with Crippen molar-refractivity contribution in [3.05, 3.63) is 70.2 Å². The van der Waals surface area contributed by atoms with Crippen molar-refractivity contribution in [2.24, 2.45) is 0 Å². The van der Waals surface area contributed by atoms with E-state index < -0.39 is 0 Å². The summed E-state index contributed by atoms with van der Waals surface area (Å²) in [6, 6.07) is 15.1. The molecule has 0 atom stereocenters. The first kappa shape index (κ1) is 18.5. The van der Waals surface area contributed by atoms with Gasteiger partial charge in [0.1, 0.15) is 5.84 Å². The Morgan fingerprint density at radius 2 is 1.52 bits per heavy atom. The quantitative estimate of drug-likeness (QED) is 0.442. The monoisotopic (exact) mass is 398 g/mol. The van der Waals surface area contributed by atoms with Gasteiger partial charge in [0, 0.05) is 53.1 Å². The van der Waals surface area contributed by atoms with Crippen LogP contribution in [0.1, 0.15) is 29.5 Å². The lowest BCUT2D eigenvalue weighted by Gasteiger charge is -2.35. The van der Waals surface area contributed by atoms with E-state index in [2.05, 4.69) is 9.21 Å². The fourth-order valence-corrected chi connectivity index (χ4v) is 4.52. The van der Waals surface area contributed by atoms with Gasteiger partial charge in [-0.15, -0.1) is 0 Å². The zero-order valence-corrected chi connectivity index (χ0v) is 16.7. The summed E-state index contributed by atoms with van der Waals surface area (Å²) in [5.41, 5.74) is 2.85. The molecule has 1 heterocycles. The van der Waals surface area contributed by atoms with E-state index in [1.807, 2.05) is 48.3 Å². The van der Waals surface area contributed by atoms with Crippen LogP contribution in [-0.4, -0.2) is 52.2 Å². The average molecular weight is 399 g/mol. The topological polar surface area (TPSA) is 54.2 Å². The lowest BCUT2D eigenvalue weighted by atomic mass is 9.96. The molecule has 0 bridgehead atoms. The van der Waals surface area contributed by atoms with Crippen LogP contribution in [0.15, 0.2) is 48.5 Å². The standard InChI is InChI=1S/C21H23ClN4S/c22-16-7-5-15(6-8-16)20(23)18-3-1-2-4-19(18)21(24)25-11-13-26(14-12-25)27-17-9-10-17/h1-8,17,23-24H,9-14H2. The Bertz CT molecular complexity index is 840. The number of benzene rings is 2. The summed E-state index contributed by atoms with van der Waals surface area (Å²) in [6.45, 7) is 3.70. The van der Waals surface area contributed by atoms with Crippen molar-refractivity contribution in [2.75, 3.05) is 26.2 Å². The predicted molar refractivity (Wildman–Crippen MR) is 114 cm³/mol. The Morgan fingerprint density at radius 1 is 0.889 bits per heavy atom. The lowest BCUT2D eigenvalue weighted by Crippen LogP contribution is -2.46. The second-order valence-electron chi connectivity index (χ2n) is 7.00. The number of amidine groups is 1. The molecule has 0 amide bonds. The second-order valence-corrected chi connectivity index (χ2v) is 8.83. The van der Waals surface area contributed by atoms with Gasteiger partial charge < -0.3 is 4.90 Å². The minimum absolute atomic E-state index is 0.426. The predicted octanol–water partition coefficient (Wildman–Crippen LogP) is 4.51. The highest BCUT2D eigenvalue weighted by molar-refractivity contribution is 7.97. The van der Waals surface area contributed by atoms with Crippen molar-refractivity contribution in [1.29, 1.82) is 10.8 Å².